The summed E-state index contributed by atoms with van der Waals surface area (Å²) < 4.78 is 0. The average Bonchev–Trinajstić information content (AvgIpc) is 2.71. The van der Waals surface area contributed by atoms with E-state index >= 15 is 0 Å². The van der Waals surface area contributed by atoms with E-state index in [-0.39, 0.29) is 0 Å². The lowest BCUT2D eigenvalue weighted by Gasteiger charge is -2.19. The second-order valence-electron chi connectivity index (χ2n) is 4.36. The Balaban J connectivity index is 0.000000312. The minimum Gasteiger partial charge on any atom is -0.386 e. The molecule has 0 aliphatic carbocycles. The Hall–Kier alpha value is -2.28. The third-order valence-electron chi connectivity index (χ3n) is 2.70. The predicted octanol–water partition coefficient (Wildman–Crippen LogP) is 2.64. The molecule has 1 aromatic rings. The number of rotatable bonds is 2. The van der Waals surface area contributed by atoms with Crippen molar-refractivity contribution >= 4 is 5.84 Å². The van der Waals surface area contributed by atoms with Gasteiger partial charge in [0.1, 0.15) is 5.84 Å². The fourth-order valence-corrected chi connectivity index (χ4v) is 1.75. The lowest BCUT2D eigenvalue weighted by atomic mass is 10.2. The van der Waals surface area contributed by atoms with Crippen LogP contribution in [0.3, 0.4) is 0 Å². The Labute approximate surface area is 114 Å². The maximum absolute atomic E-state index is 7.73. The summed E-state index contributed by atoms with van der Waals surface area (Å²) in [6.07, 6.45) is 4.01. The van der Waals surface area contributed by atoms with Gasteiger partial charge in [-0.05, 0) is 19.4 Å². The SMILES string of the molecule is CC1CC(N)=NN1Cc1ccccc1.CC=CC#N. The van der Waals surface area contributed by atoms with E-state index in [4.69, 9.17) is 11.0 Å². The highest BCUT2D eigenvalue weighted by Gasteiger charge is 2.20. The van der Waals surface area contributed by atoms with Gasteiger partial charge in [0.05, 0.1) is 18.7 Å². The Morgan fingerprint density at radius 2 is 2.16 bits per heavy atom. The molecule has 0 fully saturated rings. The van der Waals surface area contributed by atoms with E-state index < -0.39 is 0 Å². The van der Waals surface area contributed by atoms with Gasteiger partial charge in [-0.25, -0.2) is 0 Å². The summed E-state index contributed by atoms with van der Waals surface area (Å²) in [7, 11) is 0. The lowest BCUT2D eigenvalue weighted by Crippen LogP contribution is -2.22. The molecule has 0 spiro atoms. The highest BCUT2D eigenvalue weighted by atomic mass is 15.5. The van der Waals surface area contributed by atoms with Gasteiger partial charge < -0.3 is 5.73 Å². The number of hydrazone groups is 1. The summed E-state index contributed by atoms with van der Waals surface area (Å²) in [6.45, 7) is 4.80. The van der Waals surface area contributed by atoms with Crippen molar-refractivity contribution < 1.29 is 0 Å². The van der Waals surface area contributed by atoms with E-state index in [1.54, 1.807) is 6.08 Å². The summed E-state index contributed by atoms with van der Waals surface area (Å²) >= 11 is 0. The first-order valence-electron chi connectivity index (χ1n) is 6.31. The van der Waals surface area contributed by atoms with E-state index in [0.717, 1.165) is 18.8 Å². The molecule has 4 nitrogen and oxygen atoms in total. The molecule has 1 heterocycles. The molecule has 4 heteroatoms. The van der Waals surface area contributed by atoms with Crippen molar-refractivity contribution in [1.82, 2.24) is 5.01 Å². The third-order valence-corrected chi connectivity index (χ3v) is 2.70. The normalized spacial score (nSPS) is 17.6. The molecule has 2 N–H and O–H groups in total. The summed E-state index contributed by atoms with van der Waals surface area (Å²) in [5.41, 5.74) is 6.95. The fourth-order valence-electron chi connectivity index (χ4n) is 1.75. The van der Waals surface area contributed by atoms with E-state index in [2.05, 4.69) is 24.2 Å². The molecule has 1 aromatic carbocycles. The molecule has 0 aromatic heterocycles. The second kappa shape index (κ2) is 7.93. The van der Waals surface area contributed by atoms with E-state index in [0.29, 0.717) is 6.04 Å². The van der Waals surface area contributed by atoms with Crippen LogP contribution in [0, 0.1) is 11.3 Å². The molecule has 2 rings (SSSR count). The molecular weight excluding hydrogens is 236 g/mol. The average molecular weight is 256 g/mol. The van der Waals surface area contributed by atoms with Crippen LogP contribution < -0.4 is 5.73 Å². The van der Waals surface area contributed by atoms with Gasteiger partial charge in [-0.2, -0.15) is 10.4 Å². The van der Waals surface area contributed by atoms with E-state index in [1.807, 2.05) is 36.2 Å². The van der Waals surface area contributed by atoms with Crippen LogP contribution in [-0.2, 0) is 6.54 Å². The Kier molecular flexibility index (Phi) is 6.17. The van der Waals surface area contributed by atoms with Gasteiger partial charge in [-0.1, -0.05) is 36.4 Å². The molecule has 0 saturated heterocycles. The number of amidine groups is 1. The largest absolute Gasteiger partial charge is 0.386 e. The van der Waals surface area contributed by atoms with Crippen LogP contribution >= 0.6 is 0 Å². The number of nitriles is 1. The molecule has 19 heavy (non-hydrogen) atoms. The van der Waals surface area contributed by atoms with Crippen molar-refractivity contribution in [2.24, 2.45) is 10.8 Å². The van der Waals surface area contributed by atoms with Gasteiger partial charge in [0.15, 0.2) is 0 Å². The first kappa shape index (κ1) is 14.8. The summed E-state index contributed by atoms with van der Waals surface area (Å²) in [6, 6.07) is 12.6. The topological polar surface area (TPSA) is 65.4 Å². The number of hydrogen-bond acceptors (Lipinski definition) is 4. The van der Waals surface area contributed by atoms with Crippen molar-refractivity contribution in [3.63, 3.8) is 0 Å². The smallest absolute Gasteiger partial charge is 0.121 e. The monoisotopic (exact) mass is 256 g/mol. The molecule has 0 bridgehead atoms. The minimum atomic E-state index is 0.426. The van der Waals surface area contributed by atoms with Crippen molar-refractivity contribution in [3.8, 4) is 6.07 Å². The molecular formula is C15H20N4. The van der Waals surface area contributed by atoms with Gasteiger partial charge in [0, 0.05) is 12.5 Å². The molecule has 100 valence electrons. The lowest BCUT2D eigenvalue weighted by molar-refractivity contribution is 0.236. The van der Waals surface area contributed by atoms with E-state index in [1.165, 1.54) is 11.6 Å². The zero-order chi connectivity index (χ0) is 14.1. The third kappa shape index (κ3) is 5.26. The Bertz CT molecular complexity index is 471. The van der Waals surface area contributed by atoms with Crippen LogP contribution in [0.25, 0.3) is 0 Å². The maximum atomic E-state index is 7.73. The quantitative estimate of drug-likeness (QED) is 0.827. The second-order valence-corrected chi connectivity index (χ2v) is 4.36. The molecule has 0 radical (unpaired) electrons. The molecule has 1 aliphatic rings. The molecule has 0 amide bonds. The Morgan fingerprint density at radius 1 is 1.47 bits per heavy atom. The van der Waals surface area contributed by atoms with Crippen molar-refractivity contribution in [1.29, 1.82) is 5.26 Å². The molecule has 0 saturated carbocycles. The minimum absolute atomic E-state index is 0.426. The van der Waals surface area contributed by atoms with Crippen molar-refractivity contribution in [2.75, 3.05) is 0 Å². The highest BCUT2D eigenvalue weighted by Crippen LogP contribution is 2.16. The first-order valence-corrected chi connectivity index (χ1v) is 6.31. The highest BCUT2D eigenvalue weighted by molar-refractivity contribution is 5.81. The number of benzene rings is 1. The van der Waals surface area contributed by atoms with Crippen LogP contribution in [0.4, 0.5) is 0 Å². The van der Waals surface area contributed by atoms with Crippen molar-refractivity contribution in [3.05, 3.63) is 48.0 Å². The Morgan fingerprint density at radius 3 is 2.58 bits per heavy atom. The molecule has 1 unspecified atom stereocenters. The number of hydrogen-bond donors (Lipinski definition) is 1. The van der Waals surface area contributed by atoms with E-state index in [9.17, 15) is 0 Å². The number of nitrogens with two attached hydrogens (primary N) is 1. The zero-order valence-corrected chi connectivity index (χ0v) is 11.5. The van der Waals surface area contributed by atoms with Crippen LogP contribution in [-0.4, -0.2) is 16.9 Å². The predicted molar refractivity (Wildman–Crippen MR) is 78.1 cm³/mol. The van der Waals surface area contributed by atoms with Crippen molar-refractivity contribution in [2.45, 2.75) is 32.9 Å². The summed E-state index contributed by atoms with van der Waals surface area (Å²) in [5.74, 6) is 0.744. The maximum Gasteiger partial charge on any atom is 0.121 e. The van der Waals surface area contributed by atoms with Gasteiger partial charge in [-0.3, -0.25) is 5.01 Å². The van der Waals surface area contributed by atoms with Crippen LogP contribution in [0.2, 0.25) is 0 Å². The fraction of sp³-hybridized carbons (Fsp3) is 0.333. The summed E-state index contributed by atoms with van der Waals surface area (Å²) in [5, 5.41) is 14.1. The van der Waals surface area contributed by atoms with Gasteiger partial charge in [0.25, 0.3) is 0 Å². The molecule has 1 atom stereocenters. The molecule has 1 aliphatic heterocycles. The zero-order valence-electron chi connectivity index (χ0n) is 11.5. The van der Waals surface area contributed by atoms with Gasteiger partial charge in [0.2, 0.25) is 0 Å². The summed E-state index contributed by atoms with van der Waals surface area (Å²) in [4.78, 5) is 0. The van der Waals surface area contributed by atoms with Crippen LogP contribution in [0.1, 0.15) is 25.8 Å². The van der Waals surface area contributed by atoms with Crippen LogP contribution in [0.5, 0.6) is 0 Å². The number of allylic oxidation sites excluding steroid dienone is 2. The first-order chi connectivity index (χ1) is 9.17. The standard InChI is InChI=1S/C11H15N3.C4H5N/c1-9-7-11(12)13-14(9)8-10-5-3-2-4-6-10;1-2-3-4-5/h2-6,9H,7-8H2,1H3,(H2,12,13);2-3H,1H3. The van der Waals surface area contributed by atoms with Crippen LogP contribution in [0.15, 0.2) is 47.6 Å². The van der Waals surface area contributed by atoms with Gasteiger partial charge >= 0.3 is 0 Å². The van der Waals surface area contributed by atoms with Gasteiger partial charge in [-0.15, -0.1) is 0 Å². The number of nitrogens with zero attached hydrogens (tertiary/aromatic N) is 3.